The maximum atomic E-state index is 14.4. The van der Waals surface area contributed by atoms with Gasteiger partial charge in [-0.2, -0.15) is 0 Å². The molecule has 10 heteroatoms. The first-order chi connectivity index (χ1) is 12.3. The summed E-state index contributed by atoms with van der Waals surface area (Å²) in [5.74, 6) is -1.26. The third kappa shape index (κ3) is 4.68. The van der Waals surface area contributed by atoms with E-state index in [1.807, 2.05) is 0 Å². The van der Waals surface area contributed by atoms with Gasteiger partial charge in [0.25, 0.3) is 0 Å². The molecule has 1 atom stereocenters. The number of nitrogens with two attached hydrogens (primary N) is 1. The fourth-order valence-corrected chi connectivity index (χ4v) is 4.69. The zero-order chi connectivity index (χ0) is 20.6. The molecule has 0 saturated carbocycles. The van der Waals surface area contributed by atoms with Crippen molar-refractivity contribution in [3.8, 4) is 0 Å². The average Bonchev–Trinajstić information content (AvgIpc) is 2.46. The highest BCUT2D eigenvalue weighted by molar-refractivity contribution is 7.89. The zero-order valence-corrected chi connectivity index (χ0v) is 16.9. The molecule has 150 valence electrons. The molecule has 1 saturated heterocycles. The molecule has 8 nitrogen and oxygen atoms in total. The number of hydrogen-bond acceptors (Lipinski definition) is 5. The number of guanidine groups is 1. The molecule has 1 aliphatic rings. The summed E-state index contributed by atoms with van der Waals surface area (Å²) >= 11 is 0. The molecule has 3 N–H and O–H groups in total. The van der Waals surface area contributed by atoms with E-state index in [1.165, 1.54) is 25.1 Å². The van der Waals surface area contributed by atoms with Gasteiger partial charge >= 0.3 is 6.09 Å². The van der Waals surface area contributed by atoms with E-state index in [0.717, 1.165) is 4.31 Å². The van der Waals surface area contributed by atoms with E-state index in [1.54, 1.807) is 27.7 Å². The number of ether oxygens (including phenoxy) is 1. The van der Waals surface area contributed by atoms with Crippen molar-refractivity contribution in [1.29, 1.82) is 0 Å². The number of hydrogen-bond donors (Lipinski definition) is 2. The predicted molar refractivity (Wildman–Crippen MR) is 101 cm³/mol. The van der Waals surface area contributed by atoms with Crippen molar-refractivity contribution in [3.05, 3.63) is 29.6 Å². The minimum Gasteiger partial charge on any atom is -0.442 e. The van der Waals surface area contributed by atoms with Crippen molar-refractivity contribution in [2.24, 2.45) is 4.99 Å². The van der Waals surface area contributed by atoms with Crippen LogP contribution in [0.25, 0.3) is 0 Å². The van der Waals surface area contributed by atoms with E-state index in [-0.39, 0.29) is 23.8 Å². The minimum atomic E-state index is -3.87. The Morgan fingerprint density at radius 3 is 2.63 bits per heavy atom. The van der Waals surface area contributed by atoms with Gasteiger partial charge in [-0.05, 0) is 52.8 Å². The van der Waals surface area contributed by atoms with Crippen LogP contribution in [0.3, 0.4) is 0 Å². The van der Waals surface area contributed by atoms with Gasteiger partial charge in [-0.25, -0.2) is 21.9 Å². The fourth-order valence-electron chi connectivity index (χ4n) is 2.83. The summed E-state index contributed by atoms with van der Waals surface area (Å²) in [4.78, 5) is 15.9. The van der Waals surface area contributed by atoms with Crippen molar-refractivity contribution in [1.82, 2.24) is 9.62 Å². The van der Waals surface area contributed by atoms with Crippen molar-refractivity contribution in [2.75, 3.05) is 18.0 Å². The fraction of sp³-hybridized carbons (Fsp3) is 0.529. The summed E-state index contributed by atoms with van der Waals surface area (Å²) < 4.78 is 46.1. The molecule has 1 heterocycles. The van der Waals surface area contributed by atoms with E-state index in [0.29, 0.717) is 0 Å². The maximum absolute atomic E-state index is 14.4. The van der Waals surface area contributed by atoms with E-state index in [2.05, 4.69) is 10.3 Å². The molecule has 0 unspecified atom stereocenters. The Labute approximate surface area is 158 Å². The van der Waals surface area contributed by atoms with Crippen LogP contribution in [0.1, 0.15) is 40.2 Å². The minimum absolute atomic E-state index is 0.0481. The van der Waals surface area contributed by atoms with Gasteiger partial charge in [0, 0.05) is 17.8 Å². The highest BCUT2D eigenvalue weighted by Crippen LogP contribution is 2.31. The average molecular weight is 400 g/mol. The van der Waals surface area contributed by atoms with Crippen LogP contribution in [-0.2, 0) is 20.3 Å². The number of carbonyl (C=O) groups is 1. The summed E-state index contributed by atoms with van der Waals surface area (Å²) in [7, 11) is -3.87. The second-order valence-corrected chi connectivity index (χ2v) is 9.43. The molecule has 1 aliphatic heterocycles. The smallest absolute Gasteiger partial charge is 0.437 e. The molecule has 27 heavy (non-hydrogen) atoms. The number of nitrogens with zero attached hydrogens (tertiary/aromatic N) is 2. The largest absolute Gasteiger partial charge is 0.442 e. The Hall–Kier alpha value is -2.36. The molecule has 1 fully saturated rings. The molecule has 0 radical (unpaired) electrons. The topological polar surface area (TPSA) is 114 Å². The van der Waals surface area contributed by atoms with E-state index >= 15 is 0 Å². The summed E-state index contributed by atoms with van der Waals surface area (Å²) in [6.45, 7) is 8.17. The van der Waals surface area contributed by atoms with Crippen LogP contribution in [0.2, 0.25) is 0 Å². The second kappa shape index (κ2) is 6.99. The van der Waals surface area contributed by atoms with E-state index in [4.69, 9.17) is 10.5 Å². The number of nitrogen functional groups attached to an aromatic ring is 1. The monoisotopic (exact) mass is 400 g/mol. The Morgan fingerprint density at radius 1 is 1.44 bits per heavy atom. The number of sulfonamides is 1. The standard InChI is InChI=1S/C17H25FN4O4S/c1-6-22-14(20-15(23)26-16(2,3)4)21-17(5,10-27(22,24)25)12-9-11(19)7-8-13(12)18/h7-9H,6,10,19H2,1-5H3,(H,20,21,23)/t17-/m0/s1. The lowest BCUT2D eigenvalue weighted by molar-refractivity contribution is 0.0601. The Bertz CT molecular complexity index is 879. The van der Waals surface area contributed by atoms with E-state index in [9.17, 15) is 17.6 Å². The first-order valence-electron chi connectivity index (χ1n) is 8.43. The molecule has 1 aromatic carbocycles. The van der Waals surface area contributed by atoms with Gasteiger partial charge in [0.05, 0.1) is 11.3 Å². The molecule has 0 aliphatic carbocycles. The first kappa shape index (κ1) is 20.9. The Balaban J connectivity index is 2.53. The molecule has 1 amide bonds. The molecule has 0 aromatic heterocycles. The van der Waals surface area contributed by atoms with Crippen LogP contribution < -0.4 is 11.1 Å². The van der Waals surface area contributed by atoms with Crippen molar-refractivity contribution >= 4 is 27.8 Å². The number of benzene rings is 1. The highest BCUT2D eigenvalue weighted by atomic mass is 32.2. The lowest BCUT2D eigenvalue weighted by Gasteiger charge is -2.41. The number of nitrogens with one attached hydrogen (secondary N) is 1. The normalized spacial score (nSPS) is 23.8. The summed E-state index contributed by atoms with van der Waals surface area (Å²) in [5.41, 5.74) is 3.93. The number of rotatable bonds is 2. The number of anilines is 1. The highest BCUT2D eigenvalue weighted by Gasteiger charge is 2.45. The van der Waals surface area contributed by atoms with Crippen LogP contribution in [-0.4, -0.2) is 42.7 Å². The number of carbonyl (C=O) groups excluding carboxylic acids is 1. The summed E-state index contributed by atoms with van der Waals surface area (Å²) in [6.07, 6.45) is -0.948. The maximum Gasteiger partial charge on any atom is 0.437 e. The van der Waals surface area contributed by atoms with Crippen LogP contribution in [0.15, 0.2) is 23.2 Å². The summed E-state index contributed by atoms with van der Waals surface area (Å²) in [5, 5.41) is 2.89. The van der Waals surface area contributed by atoms with Crippen LogP contribution in [0.4, 0.5) is 14.9 Å². The number of amides is 1. The van der Waals surface area contributed by atoms with Crippen molar-refractivity contribution in [2.45, 2.75) is 45.8 Å². The van der Waals surface area contributed by atoms with Crippen LogP contribution in [0, 0.1) is 5.82 Å². The van der Waals surface area contributed by atoms with Gasteiger partial charge in [-0.15, -0.1) is 4.99 Å². The lowest BCUT2D eigenvalue weighted by Crippen LogP contribution is -2.62. The second-order valence-electron chi connectivity index (χ2n) is 7.53. The number of halogens is 1. The zero-order valence-electron chi connectivity index (χ0n) is 16.0. The first-order valence-corrected chi connectivity index (χ1v) is 10.0. The Kier molecular flexibility index (Phi) is 5.42. The van der Waals surface area contributed by atoms with Gasteiger partial charge in [0.15, 0.2) is 0 Å². The van der Waals surface area contributed by atoms with Gasteiger partial charge in [-0.3, -0.25) is 0 Å². The van der Waals surface area contributed by atoms with Crippen molar-refractivity contribution < 1.29 is 22.3 Å². The third-order valence-corrected chi connectivity index (χ3v) is 5.94. The van der Waals surface area contributed by atoms with Crippen LogP contribution >= 0.6 is 0 Å². The van der Waals surface area contributed by atoms with Gasteiger partial charge in [0.2, 0.25) is 16.0 Å². The van der Waals surface area contributed by atoms with E-state index < -0.39 is 38.8 Å². The van der Waals surface area contributed by atoms with Crippen molar-refractivity contribution in [3.63, 3.8) is 0 Å². The molecule has 2 rings (SSSR count). The molecule has 1 aromatic rings. The van der Waals surface area contributed by atoms with Crippen LogP contribution in [0.5, 0.6) is 0 Å². The Morgan fingerprint density at radius 2 is 2.07 bits per heavy atom. The van der Waals surface area contributed by atoms with Gasteiger partial charge in [0.1, 0.15) is 11.4 Å². The SMILES string of the molecule is CCN1/C(=N\C(=O)OC(C)(C)C)N[C@](C)(c2cc(N)ccc2F)CS1(=O)=O. The van der Waals surface area contributed by atoms with Gasteiger partial charge < -0.3 is 15.8 Å². The number of aliphatic imine (C=N–C) groups is 1. The molecule has 0 bridgehead atoms. The molecular weight excluding hydrogens is 375 g/mol. The van der Waals surface area contributed by atoms with Gasteiger partial charge in [-0.1, -0.05) is 0 Å². The summed E-state index contributed by atoms with van der Waals surface area (Å²) in [6, 6.07) is 3.92. The third-order valence-electron chi connectivity index (χ3n) is 3.89. The molecular formula is C17H25FN4O4S. The lowest BCUT2D eigenvalue weighted by atomic mass is 9.93. The molecule has 0 spiro atoms. The quantitative estimate of drug-likeness (QED) is 0.736. The predicted octanol–water partition coefficient (Wildman–Crippen LogP) is 2.17.